The molecule has 11 heteroatoms. The lowest BCUT2D eigenvalue weighted by Crippen LogP contribution is -2.43. The van der Waals surface area contributed by atoms with Crippen LogP contribution in [0.2, 0.25) is 0 Å². The minimum absolute atomic E-state index is 0.236. The first-order valence-electron chi connectivity index (χ1n) is 3.64. The molecule has 0 aliphatic rings. The average molecular weight is 291 g/mol. The lowest BCUT2D eigenvalue weighted by Gasteiger charge is -2.17. The first kappa shape index (κ1) is 15.3. The van der Waals surface area contributed by atoms with E-state index in [1.165, 1.54) is 14.1 Å². The molecule has 0 fully saturated rings. The second-order valence-electron chi connectivity index (χ2n) is 2.70. The molecule has 2 N–H and O–H groups in total. The Balaban J connectivity index is 4.92. The Labute approximate surface area is 98.6 Å². The summed E-state index contributed by atoms with van der Waals surface area (Å²) in [7, 11) is -0.601. The van der Waals surface area contributed by atoms with Crippen molar-refractivity contribution in [3.8, 4) is 0 Å². The molecule has 8 nitrogen and oxygen atoms in total. The summed E-state index contributed by atoms with van der Waals surface area (Å²) in [6.45, 7) is 3.02. The molecule has 0 unspecified atom stereocenters. The molecule has 16 heavy (non-hydrogen) atoms. The molecule has 0 aliphatic carbocycles. The lowest BCUT2D eigenvalue weighted by atomic mass is 11.0. The lowest BCUT2D eigenvalue weighted by molar-refractivity contribution is 0.465. The van der Waals surface area contributed by atoms with Gasteiger partial charge in [-0.1, -0.05) is 6.58 Å². The molecule has 0 heterocycles. The van der Waals surface area contributed by atoms with Gasteiger partial charge in [-0.25, -0.2) is 19.3 Å². The molecule has 0 bridgehead atoms. The number of hydrogen-bond donors (Lipinski definition) is 1. The maximum absolute atomic E-state index is 11.3. The predicted octanol–water partition coefficient (Wildman–Crippen LogP) is -0.963. The number of halogens is 1. The predicted molar refractivity (Wildman–Crippen MR) is 61.0 cm³/mol. The van der Waals surface area contributed by atoms with Crippen molar-refractivity contribution in [1.29, 1.82) is 0 Å². The van der Waals surface area contributed by atoms with Gasteiger partial charge >= 0.3 is 10.2 Å². The SMILES string of the molecule is C=C(N=CN(N)S(=O)(=O)N(C)C)S(=O)(=O)Cl. The summed E-state index contributed by atoms with van der Waals surface area (Å²) < 4.78 is 45.0. The van der Waals surface area contributed by atoms with Crippen molar-refractivity contribution >= 4 is 36.3 Å². The van der Waals surface area contributed by atoms with Gasteiger partial charge in [0.15, 0.2) is 5.03 Å². The summed E-state index contributed by atoms with van der Waals surface area (Å²) in [5.41, 5.74) is 0. The third-order valence-electron chi connectivity index (χ3n) is 1.32. The van der Waals surface area contributed by atoms with Crippen molar-refractivity contribution in [3.63, 3.8) is 0 Å². The third-order valence-corrected chi connectivity index (χ3v) is 4.08. The fourth-order valence-electron chi connectivity index (χ4n) is 0.432. The van der Waals surface area contributed by atoms with Gasteiger partial charge in [0.2, 0.25) is 0 Å². The molecule has 0 aromatic rings. The normalized spacial score (nSPS) is 13.3. The highest BCUT2D eigenvalue weighted by Gasteiger charge is 2.19. The number of hydrogen-bond acceptors (Lipinski definition) is 6. The monoisotopic (exact) mass is 290 g/mol. The van der Waals surface area contributed by atoms with Crippen LogP contribution in [0.3, 0.4) is 0 Å². The Morgan fingerprint density at radius 1 is 1.38 bits per heavy atom. The van der Waals surface area contributed by atoms with Gasteiger partial charge in [0.25, 0.3) is 9.05 Å². The number of aliphatic imine (C=N–C) groups is 1. The van der Waals surface area contributed by atoms with Gasteiger partial charge in [-0.2, -0.15) is 17.1 Å². The zero-order valence-corrected chi connectivity index (χ0v) is 10.9. The van der Waals surface area contributed by atoms with Gasteiger partial charge in [0.05, 0.1) is 0 Å². The van der Waals surface area contributed by atoms with Crippen LogP contribution >= 0.6 is 10.7 Å². The van der Waals surface area contributed by atoms with Gasteiger partial charge in [-0.05, 0) is 0 Å². The molecular weight excluding hydrogens is 280 g/mol. The summed E-state index contributed by atoms with van der Waals surface area (Å²) in [6, 6.07) is 0. The van der Waals surface area contributed by atoms with Crippen LogP contribution in [-0.4, -0.2) is 46.0 Å². The highest BCUT2D eigenvalue weighted by Crippen LogP contribution is 2.10. The number of nitrogens with two attached hydrogens (primary N) is 1. The van der Waals surface area contributed by atoms with Crippen LogP contribution in [0.5, 0.6) is 0 Å². The van der Waals surface area contributed by atoms with Crippen LogP contribution < -0.4 is 5.84 Å². The largest absolute Gasteiger partial charge is 0.317 e. The van der Waals surface area contributed by atoms with E-state index >= 15 is 0 Å². The standard InChI is InChI=1S/C5H11ClN4O4S2/c1-5(15(6,11)12)8-4-10(7)16(13,14)9(2)3/h4H,1,7H2,2-3H3. The summed E-state index contributed by atoms with van der Waals surface area (Å²) in [4.78, 5) is 3.20. The van der Waals surface area contributed by atoms with Crippen LogP contribution in [-0.2, 0) is 19.3 Å². The third kappa shape index (κ3) is 4.06. The first-order chi connectivity index (χ1) is 6.99. The molecule has 0 spiro atoms. The summed E-state index contributed by atoms with van der Waals surface area (Å²) in [5.74, 6) is 5.12. The van der Waals surface area contributed by atoms with Crippen molar-refractivity contribution < 1.29 is 16.8 Å². The minimum Gasteiger partial charge on any atom is -0.231 e. The molecule has 0 amide bonds. The Bertz CT molecular complexity index is 495. The molecular formula is C5H11ClN4O4S2. The maximum Gasteiger partial charge on any atom is 0.317 e. The molecule has 0 aromatic heterocycles. The van der Waals surface area contributed by atoms with Crippen LogP contribution in [0.25, 0.3) is 0 Å². The van der Waals surface area contributed by atoms with Crippen LogP contribution in [0, 0.1) is 0 Å². The zero-order valence-electron chi connectivity index (χ0n) is 8.53. The Morgan fingerprint density at radius 2 is 1.81 bits per heavy atom. The van der Waals surface area contributed by atoms with Crippen molar-refractivity contribution in [3.05, 3.63) is 11.6 Å². The van der Waals surface area contributed by atoms with Crippen LogP contribution in [0.4, 0.5) is 0 Å². The minimum atomic E-state index is -4.08. The van der Waals surface area contributed by atoms with E-state index in [1.807, 2.05) is 0 Å². The van der Waals surface area contributed by atoms with Crippen molar-refractivity contribution in [2.75, 3.05) is 14.1 Å². The van der Waals surface area contributed by atoms with E-state index in [2.05, 4.69) is 11.6 Å². The van der Waals surface area contributed by atoms with Gasteiger partial charge in [0, 0.05) is 24.8 Å². The van der Waals surface area contributed by atoms with E-state index in [1.54, 1.807) is 0 Å². The molecule has 0 aromatic carbocycles. The Hall–Kier alpha value is -0.680. The molecule has 0 saturated heterocycles. The summed E-state index contributed by atoms with van der Waals surface area (Å²) in [6.07, 6.45) is 0.581. The van der Waals surface area contributed by atoms with Gasteiger partial charge in [-0.3, -0.25) is 0 Å². The highest BCUT2D eigenvalue weighted by atomic mass is 35.7. The van der Waals surface area contributed by atoms with Crippen molar-refractivity contribution in [2.45, 2.75) is 0 Å². The second kappa shape index (κ2) is 5.10. The quantitative estimate of drug-likeness (QED) is 0.230. The highest BCUT2D eigenvalue weighted by molar-refractivity contribution is 8.16. The second-order valence-corrected chi connectivity index (χ2v) is 7.31. The number of nitrogens with zero attached hydrogens (tertiary/aromatic N) is 3. The fraction of sp³-hybridized carbons (Fsp3) is 0.400. The Morgan fingerprint density at radius 3 is 2.12 bits per heavy atom. The van der Waals surface area contributed by atoms with Crippen LogP contribution in [0.15, 0.2) is 16.6 Å². The van der Waals surface area contributed by atoms with E-state index in [0.29, 0.717) is 6.34 Å². The molecule has 0 radical (unpaired) electrons. The van der Waals surface area contributed by atoms with E-state index in [0.717, 1.165) is 4.31 Å². The number of rotatable bonds is 5. The first-order valence-corrected chi connectivity index (χ1v) is 7.34. The smallest absolute Gasteiger partial charge is 0.231 e. The molecule has 0 saturated carbocycles. The Kier molecular flexibility index (Phi) is 4.88. The van der Waals surface area contributed by atoms with Gasteiger partial charge in [0.1, 0.15) is 6.34 Å². The van der Waals surface area contributed by atoms with Gasteiger partial charge < -0.3 is 0 Å². The molecule has 0 atom stereocenters. The van der Waals surface area contributed by atoms with E-state index < -0.39 is 24.3 Å². The zero-order chi connectivity index (χ0) is 13.1. The fourth-order valence-corrected chi connectivity index (χ4v) is 1.27. The van der Waals surface area contributed by atoms with E-state index in [4.69, 9.17) is 16.5 Å². The molecule has 94 valence electrons. The summed E-state index contributed by atoms with van der Waals surface area (Å²) in [5, 5.41) is -0.710. The van der Waals surface area contributed by atoms with Crippen molar-refractivity contribution in [2.24, 2.45) is 10.8 Å². The van der Waals surface area contributed by atoms with Crippen LogP contribution in [0.1, 0.15) is 0 Å². The van der Waals surface area contributed by atoms with Gasteiger partial charge in [-0.15, -0.1) is 0 Å². The molecule has 0 aliphatic heterocycles. The number of hydrazine groups is 1. The van der Waals surface area contributed by atoms with E-state index in [9.17, 15) is 16.8 Å². The van der Waals surface area contributed by atoms with Crippen molar-refractivity contribution in [1.82, 2.24) is 8.72 Å². The average Bonchev–Trinajstić information content (AvgIpc) is 2.11. The maximum atomic E-state index is 11.3. The topological polar surface area (TPSA) is 113 Å². The molecule has 0 rings (SSSR count). The summed E-state index contributed by atoms with van der Waals surface area (Å²) >= 11 is 0. The van der Waals surface area contributed by atoms with E-state index in [-0.39, 0.29) is 4.41 Å².